The molecule has 0 saturated heterocycles. The van der Waals surface area contributed by atoms with Gasteiger partial charge in [0, 0.05) is 38.7 Å². The van der Waals surface area contributed by atoms with Gasteiger partial charge in [-0.3, -0.25) is 18.3 Å². The zero-order chi connectivity index (χ0) is 21.4. The van der Waals surface area contributed by atoms with Gasteiger partial charge in [0.25, 0.3) is 5.56 Å². The highest BCUT2D eigenvalue weighted by Gasteiger charge is 2.20. The molecule has 0 bridgehead atoms. The van der Waals surface area contributed by atoms with Crippen LogP contribution in [0.4, 0.5) is 4.39 Å². The average Bonchev–Trinajstić information content (AvgIpc) is 3.24. The lowest BCUT2D eigenvalue weighted by molar-refractivity contribution is 0.142. The van der Waals surface area contributed by atoms with Crippen molar-refractivity contribution < 1.29 is 9.13 Å². The molecule has 0 aliphatic heterocycles. The highest BCUT2D eigenvalue weighted by molar-refractivity contribution is 5.75. The molecule has 158 valence electrons. The SMILES string of the molecule is CCOCCCn1c(C)cn2c3c(=O)n(Cc4ccc(F)cc4)c(=O)n(C)c3nc12. The first kappa shape index (κ1) is 20.1. The molecule has 0 fully saturated rings. The van der Waals surface area contributed by atoms with Crippen LogP contribution in [0.3, 0.4) is 0 Å². The third-order valence-electron chi connectivity index (χ3n) is 5.27. The summed E-state index contributed by atoms with van der Waals surface area (Å²) in [5.41, 5.74) is 1.44. The molecule has 0 radical (unpaired) electrons. The van der Waals surface area contributed by atoms with E-state index in [9.17, 15) is 14.0 Å². The minimum Gasteiger partial charge on any atom is -0.382 e. The van der Waals surface area contributed by atoms with E-state index >= 15 is 0 Å². The second kappa shape index (κ2) is 7.91. The van der Waals surface area contributed by atoms with Gasteiger partial charge in [-0.05, 0) is 38.0 Å². The van der Waals surface area contributed by atoms with E-state index < -0.39 is 11.2 Å². The van der Waals surface area contributed by atoms with Crippen molar-refractivity contribution in [3.05, 3.63) is 68.4 Å². The molecule has 3 aromatic heterocycles. The third kappa shape index (κ3) is 3.35. The summed E-state index contributed by atoms with van der Waals surface area (Å²) in [4.78, 5) is 30.7. The smallest absolute Gasteiger partial charge is 0.332 e. The number of rotatable bonds is 7. The highest BCUT2D eigenvalue weighted by Crippen LogP contribution is 2.17. The number of aryl methyl sites for hydroxylation is 3. The number of ether oxygens (including phenoxy) is 1. The summed E-state index contributed by atoms with van der Waals surface area (Å²) in [7, 11) is 1.60. The maximum Gasteiger partial charge on any atom is 0.332 e. The number of hydrogen-bond acceptors (Lipinski definition) is 4. The van der Waals surface area contributed by atoms with Gasteiger partial charge in [0.2, 0.25) is 5.78 Å². The maximum atomic E-state index is 13.3. The molecule has 0 spiro atoms. The summed E-state index contributed by atoms with van der Waals surface area (Å²) in [5.74, 6) is 0.249. The highest BCUT2D eigenvalue weighted by atomic mass is 19.1. The van der Waals surface area contributed by atoms with Crippen molar-refractivity contribution in [1.29, 1.82) is 0 Å². The molecule has 4 rings (SSSR count). The Bertz CT molecular complexity index is 1330. The number of aromatic nitrogens is 5. The molecule has 0 atom stereocenters. The molecular weight excluding hydrogens is 389 g/mol. The zero-order valence-corrected chi connectivity index (χ0v) is 17.3. The van der Waals surface area contributed by atoms with Gasteiger partial charge in [0.15, 0.2) is 11.2 Å². The molecule has 9 heteroatoms. The third-order valence-corrected chi connectivity index (χ3v) is 5.27. The van der Waals surface area contributed by atoms with Crippen LogP contribution in [0.1, 0.15) is 24.6 Å². The Kier molecular flexibility index (Phi) is 5.29. The number of hydrogen-bond donors (Lipinski definition) is 0. The van der Waals surface area contributed by atoms with Crippen molar-refractivity contribution in [2.75, 3.05) is 13.2 Å². The van der Waals surface area contributed by atoms with Crippen molar-refractivity contribution in [1.82, 2.24) is 23.1 Å². The fourth-order valence-corrected chi connectivity index (χ4v) is 3.71. The standard InChI is InChI=1S/C21H24FN5O3/c1-4-30-11-5-10-25-14(2)12-26-17-18(23-20(25)26)24(3)21(29)27(19(17)28)13-15-6-8-16(22)9-7-15/h6-9,12H,4-5,10-11,13H2,1-3H3. The van der Waals surface area contributed by atoms with E-state index in [4.69, 9.17) is 4.74 Å². The summed E-state index contributed by atoms with van der Waals surface area (Å²) in [6.07, 6.45) is 2.68. The Hall–Kier alpha value is -3.20. The lowest BCUT2D eigenvalue weighted by atomic mass is 10.2. The van der Waals surface area contributed by atoms with Crippen LogP contribution < -0.4 is 11.2 Å². The van der Waals surface area contributed by atoms with Crippen LogP contribution >= 0.6 is 0 Å². The van der Waals surface area contributed by atoms with Gasteiger partial charge in [0.1, 0.15) is 5.82 Å². The Balaban J connectivity index is 1.84. The van der Waals surface area contributed by atoms with Crippen LogP contribution in [0.2, 0.25) is 0 Å². The Morgan fingerprint density at radius 3 is 2.57 bits per heavy atom. The first-order chi connectivity index (χ1) is 14.4. The molecule has 4 aromatic rings. The Morgan fingerprint density at radius 2 is 1.87 bits per heavy atom. The monoisotopic (exact) mass is 413 g/mol. The lowest BCUT2D eigenvalue weighted by Crippen LogP contribution is -2.39. The summed E-state index contributed by atoms with van der Waals surface area (Å²) in [5, 5.41) is 0. The van der Waals surface area contributed by atoms with Gasteiger partial charge in [0.05, 0.1) is 6.54 Å². The molecule has 30 heavy (non-hydrogen) atoms. The zero-order valence-electron chi connectivity index (χ0n) is 17.3. The number of halogens is 1. The second-order valence-electron chi connectivity index (χ2n) is 7.29. The van der Waals surface area contributed by atoms with Gasteiger partial charge < -0.3 is 9.30 Å². The topological polar surface area (TPSA) is 75.5 Å². The van der Waals surface area contributed by atoms with Gasteiger partial charge in [-0.25, -0.2) is 9.18 Å². The second-order valence-corrected chi connectivity index (χ2v) is 7.29. The average molecular weight is 413 g/mol. The van der Waals surface area contributed by atoms with Crippen LogP contribution in [-0.2, 0) is 24.9 Å². The van der Waals surface area contributed by atoms with E-state index in [0.29, 0.717) is 42.3 Å². The van der Waals surface area contributed by atoms with Gasteiger partial charge in [-0.2, -0.15) is 4.98 Å². The van der Waals surface area contributed by atoms with Crippen LogP contribution in [0.15, 0.2) is 40.1 Å². The largest absolute Gasteiger partial charge is 0.382 e. The first-order valence-corrected chi connectivity index (χ1v) is 9.92. The number of imidazole rings is 2. The van der Waals surface area contributed by atoms with E-state index in [1.54, 1.807) is 23.6 Å². The molecule has 0 amide bonds. The van der Waals surface area contributed by atoms with E-state index in [1.165, 1.54) is 16.7 Å². The summed E-state index contributed by atoms with van der Waals surface area (Å²) < 4.78 is 24.9. The van der Waals surface area contributed by atoms with Crippen LogP contribution in [0, 0.1) is 12.7 Å². The van der Waals surface area contributed by atoms with Gasteiger partial charge in [-0.15, -0.1) is 0 Å². The maximum absolute atomic E-state index is 13.3. The molecule has 0 unspecified atom stereocenters. The van der Waals surface area contributed by atoms with Crippen LogP contribution in [0.25, 0.3) is 16.9 Å². The number of benzene rings is 1. The first-order valence-electron chi connectivity index (χ1n) is 9.92. The predicted octanol–water partition coefficient (Wildman–Crippen LogP) is 2.07. The summed E-state index contributed by atoms with van der Waals surface area (Å²) >= 11 is 0. The van der Waals surface area contributed by atoms with E-state index in [-0.39, 0.29) is 12.4 Å². The molecule has 8 nitrogen and oxygen atoms in total. The molecule has 0 aliphatic rings. The van der Waals surface area contributed by atoms with Crippen molar-refractivity contribution >= 4 is 16.9 Å². The molecule has 0 saturated carbocycles. The van der Waals surface area contributed by atoms with Crippen molar-refractivity contribution in [3.8, 4) is 0 Å². The summed E-state index contributed by atoms with van der Waals surface area (Å²) in [6, 6.07) is 5.75. The van der Waals surface area contributed by atoms with Crippen LogP contribution in [0.5, 0.6) is 0 Å². The Labute approximate surface area is 171 Å². The quantitative estimate of drug-likeness (QED) is 0.435. The van der Waals surface area contributed by atoms with Crippen LogP contribution in [-0.4, -0.2) is 36.3 Å². The molecule has 1 aromatic carbocycles. The molecule has 0 aliphatic carbocycles. The summed E-state index contributed by atoms with van der Waals surface area (Å²) in [6.45, 7) is 5.98. The van der Waals surface area contributed by atoms with Gasteiger partial charge in [-0.1, -0.05) is 12.1 Å². The number of nitrogens with zero attached hydrogens (tertiary/aromatic N) is 5. The molecule has 3 heterocycles. The molecular formula is C21H24FN5O3. The predicted molar refractivity (Wildman–Crippen MR) is 112 cm³/mol. The fourth-order valence-electron chi connectivity index (χ4n) is 3.71. The lowest BCUT2D eigenvalue weighted by Gasteiger charge is -2.08. The minimum atomic E-state index is -0.461. The van der Waals surface area contributed by atoms with Crippen molar-refractivity contribution in [3.63, 3.8) is 0 Å². The Morgan fingerprint density at radius 1 is 1.13 bits per heavy atom. The van der Waals surface area contributed by atoms with E-state index in [2.05, 4.69) is 4.98 Å². The van der Waals surface area contributed by atoms with E-state index in [0.717, 1.165) is 16.7 Å². The normalized spacial score (nSPS) is 11.7. The number of fused-ring (bicyclic) bond motifs is 3. The fraction of sp³-hybridized carbons (Fsp3) is 0.381. The van der Waals surface area contributed by atoms with Crippen molar-refractivity contribution in [2.24, 2.45) is 7.05 Å². The minimum absolute atomic E-state index is 0.0585. The molecule has 0 N–H and O–H groups in total. The van der Waals surface area contributed by atoms with E-state index in [1.807, 2.05) is 24.6 Å². The van der Waals surface area contributed by atoms with Gasteiger partial charge >= 0.3 is 5.69 Å². The van der Waals surface area contributed by atoms with Crippen molar-refractivity contribution in [2.45, 2.75) is 33.4 Å².